The largest absolute Gasteiger partial charge is 1.00 e. The van der Waals surface area contributed by atoms with Gasteiger partial charge in [-0.15, -0.1) is 0 Å². The number of rotatable bonds is 5. The van der Waals surface area contributed by atoms with Gasteiger partial charge in [0.15, 0.2) is 0 Å². The second-order valence-electron chi connectivity index (χ2n) is 1.61. The summed E-state index contributed by atoms with van der Waals surface area (Å²) in [5.74, 6) is 0.868. The molecule has 50 valence electrons. The fraction of sp³-hybridized carbons (Fsp3) is 1.00. The van der Waals surface area contributed by atoms with Crippen molar-refractivity contribution < 1.29 is 34.3 Å². The molecule has 0 atom stereocenters. The maximum Gasteiger partial charge on any atom is 1.00 e. The van der Waals surface area contributed by atoms with Gasteiger partial charge in [0, 0.05) is 13.2 Å². The minimum Gasteiger partial charge on any atom is -0.793 e. The van der Waals surface area contributed by atoms with Crippen LogP contribution in [0.1, 0.15) is 19.8 Å². The van der Waals surface area contributed by atoms with E-state index in [4.69, 9.17) is 17.4 Å². The molecule has 0 saturated heterocycles. The summed E-state index contributed by atoms with van der Waals surface area (Å²) < 4.78 is 5.09. The van der Waals surface area contributed by atoms with Crippen LogP contribution in [0.25, 0.3) is 0 Å². The Bertz CT molecular complexity index is 38.0. The van der Waals surface area contributed by atoms with E-state index in [2.05, 4.69) is 0 Å². The van der Waals surface area contributed by atoms with Crippen molar-refractivity contribution in [2.75, 3.05) is 19.0 Å². The van der Waals surface area contributed by atoms with Gasteiger partial charge in [-0.3, -0.25) is 0 Å². The van der Waals surface area contributed by atoms with Crippen molar-refractivity contribution in [3.05, 3.63) is 0 Å². The Morgan fingerprint density at radius 3 is 2.44 bits per heavy atom. The molecule has 0 saturated carbocycles. The molecule has 3 heteroatoms. The molecule has 0 aliphatic rings. The SMILES string of the molecule is CCOCCCC[S-].[Na+]. The third-order valence-corrected chi connectivity index (χ3v) is 1.18. The van der Waals surface area contributed by atoms with Crippen LogP contribution in [0.2, 0.25) is 0 Å². The van der Waals surface area contributed by atoms with Crippen molar-refractivity contribution in [2.24, 2.45) is 0 Å². The van der Waals surface area contributed by atoms with Crippen molar-refractivity contribution in [3.63, 3.8) is 0 Å². The van der Waals surface area contributed by atoms with Crippen LogP contribution in [-0.4, -0.2) is 19.0 Å². The third kappa shape index (κ3) is 12.5. The first-order valence-electron chi connectivity index (χ1n) is 3.07. The van der Waals surface area contributed by atoms with E-state index < -0.39 is 0 Å². The molecule has 0 aliphatic heterocycles. The molecule has 0 fully saturated rings. The summed E-state index contributed by atoms with van der Waals surface area (Å²) in [4.78, 5) is 0. The van der Waals surface area contributed by atoms with Crippen molar-refractivity contribution in [2.45, 2.75) is 19.8 Å². The summed E-state index contributed by atoms with van der Waals surface area (Å²) >= 11 is 4.75. The summed E-state index contributed by atoms with van der Waals surface area (Å²) in [6, 6.07) is 0. The normalized spacial score (nSPS) is 8.67. The zero-order valence-corrected chi connectivity index (χ0v) is 9.17. The maximum absolute atomic E-state index is 5.09. The Balaban J connectivity index is 0. The molecule has 0 aromatic rings. The Labute approximate surface area is 85.2 Å². The van der Waals surface area contributed by atoms with E-state index in [0.29, 0.717) is 0 Å². The van der Waals surface area contributed by atoms with Crippen LogP contribution in [0, 0.1) is 0 Å². The molecule has 0 aliphatic carbocycles. The number of ether oxygens (including phenoxy) is 1. The van der Waals surface area contributed by atoms with Gasteiger partial charge < -0.3 is 17.4 Å². The van der Waals surface area contributed by atoms with E-state index in [1.54, 1.807) is 0 Å². The predicted molar refractivity (Wildman–Crippen MR) is 38.0 cm³/mol. The van der Waals surface area contributed by atoms with Crippen molar-refractivity contribution in [1.29, 1.82) is 0 Å². The monoisotopic (exact) mass is 156 g/mol. The molecule has 0 heterocycles. The van der Waals surface area contributed by atoms with Crippen LogP contribution < -0.4 is 29.6 Å². The van der Waals surface area contributed by atoms with Gasteiger partial charge in [-0.2, -0.15) is 5.75 Å². The second kappa shape index (κ2) is 12.0. The molecular formula is C6H13NaOS. The van der Waals surface area contributed by atoms with Crippen LogP contribution in [0.15, 0.2) is 0 Å². The van der Waals surface area contributed by atoms with E-state index in [9.17, 15) is 0 Å². The first kappa shape index (κ1) is 12.9. The first-order valence-corrected chi connectivity index (χ1v) is 3.65. The smallest absolute Gasteiger partial charge is 0.793 e. The van der Waals surface area contributed by atoms with Gasteiger partial charge in [-0.05, 0) is 13.3 Å². The average Bonchev–Trinajstić information content (AvgIpc) is 1.81. The van der Waals surface area contributed by atoms with E-state index in [1.807, 2.05) is 6.92 Å². The van der Waals surface area contributed by atoms with Crippen LogP contribution >= 0.6 is 0 Å². The Morgan fingerprint density at radius 1 is 1.33 bits per heavy atom. The number of hydrogen-bond donors (Lipinski definition) is 0. The van der Waals surface area contributed by atoms with E-state index in [1.165, 1.54) is 0 Å². The summed E-state index contributed by atoms with van der Waals surface area (Å²) in [6.07, 6.45) is 2.24. The predicted octanol–water partition coefficient (Wildman–Crippen LogP) is -1.65. The van der Waals surface area contributed by atoms with Crippen LogP contribution in [0.3, 0.4) is 0 Å². The van der Waals surface area contributed by atoms with Gasteiger partial charge in [0.2, 0.25) is 0 Å². The molecule has 1 nitrogen and oxygen atoms in total. The average molecular weight is 156 g/mol. The third-order valence-electron chi connectivity index (χ3n) is 0.887. The standard InChI is InChI=1S/C6H14OS.Na/c1-2-7-5-3-4-6-8;/h8H,2-6H2,1H3;/q;+1/p-1. The van der Waals surface area contributed by atoms with Gasteiger partial charge >= 0.3 is 29.6 Å². The van der Waals surface area contributed by atoms with Crippen LogP contribution in [0.4, 0.5) is 0 Å². The molecule has 0 spiro atoms. The molecule has 0 unspecified atom stereocenters. The molecule has 0 bridgehead atoms. The summed E-state index contributed by atoms with van der Waals surface area (Å²) in [6.45, 7) is 3.72. The summed E-state index contributed by atoms with van der Waals surface area (Å²) in [5, 5.41) is 0. The summed E-state index contributed by atoms with van der Waals surface area (Å²) in [7, 11) is 0. The van der Waals surface area contributed by atoms with Gasteiger partial charge in [0.1, 0.15) is 0 Å². The Morgan fingerprint density at radius 2 is 2.00 bits per heavy atom. The van der Waals surface area contributed by atoms with E-state index in [0.717, 1.165) is 31.8 Å². The minimum absolute atomic E-state index is 0. The summed E-state index contributed by atoms with van der Waals surface area (Å²) in [5.41, 5.74) is 0. The second-order valence-corrected chi connectivity index (χ2v) is 2.02. The van der Waals surface area contributed by atoms with Gasteiger partial charge in [-0.25, -0.2) is 0 Å². The van der Waals surface area contributed by atoms with Crippen molar-refractivity contribution in [3.8, 4) is 0 Å². The molecule has 0 N–H and O–H groups in total. The topological polar surface area (TPSA) is 9.23 Å². The molecule has 0 aromatic carbocycles. The van der Waals surface area contributed by atoms with Gasteiger partial charge in [-0.1, -0.05) is 6.42 Å². The van der Waals surface area contributed by atoms with E-state index >= 15 is 0 Å². The van der Waals surface area contributed by atoms with Gasteiger partial charge in [0.05, 0.1) is 0 Å². The fourth-order valence-corrected chi connectivity index (χ4v) is 0.655. The number of hydrogen-bond acceptors (Lipinski definition) is 2. The zero-order chi connectivity index (χ0) is 6.24. The first-order chi connectivity index (χ1) is 3.91. The van der Waals surface area contributed by atoms with Gasteiger partial charge in [0.25, 0.3) is 0 Å². The van der Waals surface area contributed by atoms with E-state index in [-0.39, 0.29) is 29.6 Å². The maximum atomic E-state index is 5.09. The zero-order valence-electron chi connectivity index (χ0n) is 6.35. The quantitative estimate of drug-likeness (QED) is 0.268. The molecular weight excluding hydrogens is 143 g/mol. The van der Waals surface area contributed by atoms with Crippen molar-refractivity contribution >= 4 is 12.6 Å². The molecule has 0 radical (unpaired) electrons. The molecule has 0 rings (SSSR count). The molecule has 0 amide bonds. The number of unbranched alkanes of at least 4 members (excludes halogenated alkanes) is 1. The van der Waals surface area contributed by atoms with Crippen molar-refractivity contribution in [1.82, 2.24) is 0 Å². The fourth-order valence-electron chi connectivity index (χ4n) is 0.451. The minimum atomic E-state index is 0. The molecule has 9 heavy (non-hydrogen) atoms. The van der Waals surface area contributed by atoms with Crippen LogP contribution in [0.5, 0.6) is 0 Å². The Kier molecular flexibility index (Phi) is 17.3. The molecule has 0 aromatic heterocycles. The Hall–Kier alpha value is 1.31. The van der Waals surface area contributed by atoms with Crippen LogP contribution in [-0.2, 0) is 17.4 Å².